The van der Waals surface area contributed by atoms with Gasteiger partial charge in [-0.05, 0) is 37.5 Å². The van der Waals surface area contributed by atoms with Crippen molar-refractivity contribution in [1.82, 2.24) is 0 Å². The van der Waals surface area contributed by atoms with Crippen molar-refractivity contribution in [3.8, 4) is 6.07 Å². The van der Waals surface area contributed by atoms with E-state index in [1.807, 2.05) is 6.07 Å². The van der Waals surface area contributed by atoms with Crippen LogP contribution in [0.15, 0.2) is 23.1 Å². The molecule has 1 saturated carbocycles. The number of benzene rings is 1. The van der Waals surface area contributed by atoms with E-state index in [0.29, 0.717) is 12.2 Å². The van der Waals surface area contributed by atoms with E-state index < -0.39 is 15.6 Å². The van der Waals surface area contributed by atoms with Crippen LogP contribution in [0.25, 0.3) is 0 Å². The second-order valence-corrected chi connectivity index (χ2v) is 6.36. The minimum absolute atomic E-state index is 0.100. The Morgan fingerprint density at radius 1 is 1.47 bits per heavy atom. The highest BCUT2D eigenvalue weighted by Gasteiger charge is 2.34. The van der Waals surface area contributed by atoms with Gasteiger partial charge in [0, 0.05) is 6.54 Å². The lowest BCUT2D eigenvalue weighted by Crippen LogP contribution is -2.43. The molecule has 1 aliphatic rings. The zero-order chi connectivity index (χ0) is 14.1. The highest BCUT2D eigenvalue weighted by Crippen LogP contribution is 2.32. The first kappa shape index (κ1) is 13.8. The number of sulfonamides is 1. The Bertz CT molecular complexity index is 630. The summed E-state index contributed by atoms with van der Waals surface area (Å²) in [5, 5.41) is 27.0. The quantitative estimate of drug-likeness (QED) is 0.744. The molecule has 0 amide bonds. The zero-order valence-electron chi connectivity index (χ0n) is 10.3. The van der Waals surface area contributed by atoms with Gasteiger partial charge in [0.05, 0.1) is 21.7 Å². The van der Waals surface area contributed by atoms with E-state index in [4.69, 9.17) is 10.4 Å². The number of primary sulfonamides is 1. The van der Waals surface area contributed by atoms with Crippen LogP contribution < -0.4 is 10.5 Å². The largest absolute Gasteiger partial charge is 0.388 e. The summed E-state index contributed by atoms with van der Waals surface area (Å²) < 4.78 is 22.4. The second-order valence-electron chi connectivity index (χ2n) is 4.80. The molecule has 1 aromatic rings. The van der Waals surface area contributed by atoms with Crippen molar-refractivity contribution < 1.29 is 13.5 Å². The molecule has 1 aromatic carbocycles. The Kier molecular flexibility index (Phi) is 3.49. The monoisotopic (exact) mass is 281 g/mol. The molecule has 2 rings (SSSR count). The van der Waals surface area contributed by atoms with Crippen molar-refractivity contribution in [2.75, 3.05) is 11.9 Å². The van der Waals surface area contributed by atoms with Crippen molar-refractivity contribution >= 4 is 15.7 Å². The molecule has 1 fully saturated rings. The van der Waals surface area contributed by atoms with Gasteiger partial charge in [-0.15, -0.1) is 0 Å². The third kappa shape index (κ3) is 3.04. The molecule has 1 aliphatic carbocycles. The molecule has 7 heteroatoms. The highest BCUT2D eigenvalue weighted by atomic mass is 32.2. The SMILES string of the molecule is N#Cc1cc(S(N)(=O)=O)ccc1NCC1(O)CCC1. The molecule has 0 atom stereocenters. The van der Waals surface area contributed by atoms with Gasteiger partial charge in [0.25, 0.3) is 0 Å². The van der Waals surface area contributed by atoms with Crippen LogP contribution in [0.5, 0.6) is 0 Å². The Morgan fingerprint density at radius 3 is 2.63 bits per heavy atom. The highest BCUT2D eigenvalue weighted by molar-refractivity contribution is 7.89. The Balaban J connectivity index is 2.20. The number of nitrogens with one attached hydrogen (secondary N) is 1. The molecule has 0 saturated heterocycles. The van der Waals surface area contributed by atoms with E-state index in [-0.39, 0.29) is 10.5 Å². The topological polar surface area (TPSA) is 116 Å². The summed E-state index contributed by atoms with van der Waals surface area (Å²) >= 11 is 0. The molecule has 0 spiro atoms. The van der Waals surface area contributed by atoms with E-state index in [9.17, 15) is 13.5 Å². The van der Waals surface area contributed by atoms with Crippen LogP contribution in [0.4, 0.5) is 5.69 Å². The molecule has 0 bridgehead atoms. The molecule has 6 nitrogen and oxygen atoms in total. The van der Waals surface area contributed by atoms with Gasteiger partial charge >= 0.3 is 0 Å². The van der Waals surface area contributed by atoms with Crippen molar-refractivity contribution in [2.24, 2.45) is 5.14 Å². The number of anilines is 1. The van der Waals surface area contributed by atoms with Gasteiger partial charge in [0.2, 0.25) is 10.0 Å². The van der Waals surface area contributed by atoms with Gasteiger partial charge in [-0.3, -0.25) is 0 Å². The fourth-order valence-electron chi connectivity index (χ4n) is 1.97. The van der Waals surface area contributed by atoms with E-state index in [1.165, 1.54) is 18.2 Å². The van der Waals surface area contributed by atoms with Gasteiger partial charge in [-0.25, -0.2) is 13.6 Å². The van der Waals surface area contributed by atoms with Crippen LogP contribution >= 0.6 is 0 Å². The van der Waals surface area contributed by atoms with Crippen LogP contribution in [0.1, 0.15) is 24.8 Å². The average Bonchev–Trinajstić information content (AvgIpc) is 2.32. The molecule has 0 aromatic heterocycles. The molecular weight excluding hydrogens is 266 g/mol. The van der Waals surface area contributed by atoms with Crippen molar-refractivity contribution in [3.63, 3.8) is 0 Å². The maximum atomic E-state index is 11.2. The van der Waals surface area contributed by atoms with Gasteiger partial charge in [0.1, 0.15) is 6.07 Å². The first-order valence-electron chi connectivity index (χ1n) is 5.87. The third-order valence-corrected chi connectivity index (χ3v) is 4.24. The van der Waals surface area contributed by atoms with Crippen molar-refractivity contribution in [2.45, 2.75) is 29.8 Å². The van der Waals surface area contributed by atoms with Crippen LogP contribution in [0, 0.1) is 11.3 Å². The molecule has 0 radical (unpaired) electrons. The van der Waals surface area contributed by atoms with Crippen LogP contribution in [-0.2, 0) is 10.0 Å². The van der Waals surface area contributed by atoms with E-state index in [0.717, 1.165) is 19.3 Å². The standard InChI is InChI=1S/C12H15N3O3S/c13-7-9-6-10(19(14,17)18)2-3-11(9)15-8-12(16)4-1-5-12/h2-3,6,15-16H,1,4-5,8H2,(H2,14,17,18). The minimum Gasteiger partial charge on any atom is -0.388 e. The maximum Gasteiger partial charge on any atom is 0.238 e. The van der Waals surface area contributed by atoms with Crippen LogP contribution in [-0.4, -0.2) is 25.7 Å². The number of nitrogens with zero attached hydrogens (tertiary/aromatic N) is 1. The number of rotatable bonds is 4. The number of hydrogen-bond acceptors (Lipinski definition) is 5. The molecule has 0 unspecified atom stereocenters. The average molecular weight is 281 g/mol. The van der Waals surface area contributed by atoms with Gasteiger partial charge in [-0.2, -0.15) is 5.26 Å². The molecular formula is C12H15N3O3S. The fourth-order valence-corrected chi connectivity index (χ4v) is 2.51. The molecule has 102 valence electrons. The van der Waals surface area contributed by atoms with Gasteiger partial charge in [-0.1, -0.05) is 0 Å². The number of nitrogens with two attached hydrogens (primary N) is 1. The molecule has 19 heavy (non-hydrogen) atoms. The van der Waals surface area contributed by atoms with E-state index in [1.54, 1.807) is 0 Å². The lowest BCUT2D eigenvalue weighted by molar-refractivity contribution is -0.0202. The fraction of sp³-hybridized carbons (Fsp3) is 0.417. The third-order valence-electron chi connectivity index (χ3n) is 3.33. The lowest BCUT2D eigenvalue weighted by Gasteiger charge is -2.37. The summed E-state index contributed by atoms with van der Waals surface area (Å²) in [6.45, 7) is 0.344. The number of hydrogen-bond donors (Lipinski definition) is 3. The van der Waals surface area contributed by atoms with Crippen molar-refractivity contribution in [3.05, 3.63) is 23.8 Å². The van der Waals surface area contributed by atoms with Gasteiger partial charge < -0.3 is 10.4 Å². The summed E-state index contributed by atoms with van der Waals surface area (Å²) in [5.41, 5.74) is -0.0320. The predicted molar refractivity (Wildman–Crippen MR) is 69.8 cm³/mol. The van der Waals surface area contributed by atoms with Crippen LogP contribution in [0.3, 0.4) is 0 Å². The van der Waals surface area contributed by atoms with Crippen LogP contribution in [0.2, 0.25) is 0 Å². The first-order chi connectivity index (χ1) is 8.84. The zero-order valence-corrected chi connectivity index (χ0v) is 11.1. The normalized spacial score (nSPS) is 17.3. The van der Waals surface area contributed by atoms with E-state index in [2.05, 4.69) is 5.32 Å². The van der Waals surface area contributed by atoms with E-state index >= 15 is 0 Å². The summed E-state index contributed by atoms with van der Waals surface area (Å²) in [4.78, 5) is -0.100. The minimum atomic E-state index is -3.82. The first-order valence-corrected chi connectivity index (χ1v) is 7.42. The number of aliphatic hydroxyl groups is 1. The lowest BCUT2D eigenvalue weighted by atomic mass is 9.80. The predicted octanol–water partition coefficient (Wildman–Crippen LogP) is 0.533. The molecule has 0 aliphatic heterocycles. The maximum absolute atomic E-state index is 11.2. The molecule has 4 N–H and O–H groups in total. The smallest absolute Gasteiger partial charge is 0.238 e. The Hall–Kier alpha value is -1.62. The second kappa shape index (κ2) is 4.81. The number of nitriles is 1. The summed E-state index contributed by atoms with van der Waals surface area (Å²) in [5.74, 6) is 0. The van der Waals surface area contributed by atoms with Gasteiger partial charge in [0.15, 0.2) is 0 Å². The summed E-state index contributed by atoms with van der Waals surface area (Å²) in [6.07, 6.45) is 2.46. The summed E-state index contributed by atoms with van der Waals surface area (Å²) in [6, 6.07) is 5.96. The van der Waals surface area contributed by atoms with Crippen molar-refractivity contribution in [1.29, 1.82) is 5.26 Å². The summed E-state index contributed by atoms with van der Waals surface area (Å²) in [7, 11) is -3.82. The Morgan fingerprint density at radius 2 is 2.16 bits per heavy atom. The molecule has 0 heterocycles. The Labute approximate surface area is 111 Å².